The van der Waals surface area contributed by atoms with E-state index in [0.717, 1.165) is 18.4 Å². The fraction of sp³-hybridized carbons (Fsp3) is 0.476. The number of halogens is 1. The third kappa shape index (κ3) is 4.72. The highest BCUT2D eigenvalue weighted by Crippen LogP contribution is 2.30. The predicted molar refractivity (Wildman–Crippen MR) is 110 cm³/mol. The van der Waals surface area contributed by atoms with E-state index in [1.807, 2.05) is 11.0 Å². The van der Waals surface area contributed by atoms with E-state index in [-0.39, 0.29) is 17.7 Å². The van der Waals surface area contributed by atoms with Gasteiger partial charge in [-0.25, -0.2) is 4.98 Å². The summed E-state index contributed by atoms with van der Waals surface area (Å²) in [4.78, 5) is 32.6. The van der Waals surface area contributed by atoms with Gasteiger partial charge >= 0.3 is 0 Å². The molecule has 29 heavy (non-hydrogen) atoms. The van der Waals surface area contributed by atoms with Crippen LogP contribution >= 0.6 is 11.6 Å². The molecule has 8 heteroatoms. The summed E-state index contributed by atoms with van der Waals surface area (Å²) in [6.07, 6.45) is 1.81. The molecule has 0 atom stereocenters. The first kappa shape index (κ1) is 21.2. The van der Waals surface area contributed by atoms with Crippen LogP contribution in [0.1, 0.15) is 46.5 Å². The molecule has 2 amide bonds. The number of oxazole rings is 1. The maximum Gasteiger partial charge on any atom is 0.275 e. The fourth-order valence-electron chi connectivity index (χ4n) is 3.48. The van der Waals surface area contributed by atoms with Gasteiger partial charge in [0.2, 0.25) is 5.91 Å². The minimum atomic E-state index is -0.164. The molecular formula is C21H26ClN3O4. The van der Waals surface area contributed by atoms with Crippen molar-refractivity contribution in [3.63, 3.8) is 0 Å². The number of likely N-dealkylation sites (tertiary alicyclic amines) is 1. The van der Waals surface area contributed by atoms with Gasteiger partial charge in [-0.15, -0.1) is 0 Å². The van der Waals surface area contributed by atoms with Crippen LogP contribution in [0.2, 0.25) is 5.02 Å². The molecule has 0 radical (unpaired) electrons. The van der Waals surface area contributed by atoms with Gasteiger partial charge in [-0.1, -0.05) is 17.7 Å². The molecule has 7 nitrogen and oxygen atoms in total. The second-order valence-electron chi connectivity index (χ2n) is 7.46. The van der Waals surface area contributed by atoms with Crippen molar-refractivity contribution in [2.45, 2.75) is 32.1 Å². The first-order valence-electron chi connectivity index (χ1n) is 9.59. The van der Waals surface area contributed by atoms with Crippen molar-refractivity contribution in [1.29, 1.82) is 0 Å². The van der Waals surface area contributed by atoms with Crippen LogP contribution in [0.5, 0.6) is 5.75 Å². The zero-order chi connectivity index (χ0) is 21.1. The Bertz CT molecular complexity index is 901. The molecule has 0 spiro atoms. The summed E-state index contributed by atoms with van der Waals surface area (Å²) in [5, 5.41) is 0.499. The monoisotopic (exact) mass is 419 g/mol. The molecule has 0 aliphatic carbocycles. The fourth-order valence-corrected chi connectivity index (χ4v) is 3.76. The maximum absolute atomic E-state index is 12.7. The Balaban J connectivity index is 1.59. The molecule has 1 aliphatic rings. The lowest BCUT2D eigenvalue weighted by Crippen LogP contribution is -2.38. The summed E-state index contributed by atoms with van der Waals surface area (Å²) in [6.45, 7) is 3.02. The van der Waals surface area contributed by atoms with E-state index in [4.69, 9.17) is 20.8 Å². The normalized spacial score (nSPS) is 14.7. The standard InChI is InChI=1S/C21H26ClN3O4/c1-13-19(21(27)24(2)3)23-20(29-13)15-7-9-25(10-8-15)18(26)12-14-5-6-17(28-4)16(22)11-14/h5-6,11,15H,7-10,12H2,1-4H3. The Hall–Kier alpha value is -2.54. The van der Waals surface area contributed by atoms with Crippen LogP contribution in [0.3, 0.4) is 0 Å². The van der Waals surface area contributed by atoms with E-state index in [1.165, 1.54) is 4.90 Å². The summed E-state index contributed by atoms with van der Waals surface area (Å²) in [7, 11) is 4.94. The number of piperidine rings is 1. The molecule has 1 aliphatic heterocycles. The van der Waals surface area contributed by atoms with Crippen molar-refractivity contribution in [3.05, 3.63) is 46.1 Å². The van der Waals surface area contributed by atoms with Crippen LogP contribution in [-0.2, 0) is 11.2 Å². The van der Waals surface area contributed by atoms with E-state index in [9.17, 15) is 9.59 Å². The summed E-state index contributed by atoms with van der Waals surface area (Å²) in [5.41, 5.74) is 1.22. The third-order valence-corrected chi connectivity index (χ3v) is 5.49. The Morgan fingerprint density at radius 3 is 2.59 bits per heavy atom. The van der Waals surface area contributed by atoms with Crippen LogP contribution in [0.4, 0.5) is 0 Å². The summed E-state index contributed by atoms with van der Waals surface area (Å²) in [6, 6.07) is 5.40. The number of hydrogen-bond acceptors (Lipinski definition) is 5. The molecule has 0 saturated carbocycles. The highest BCUT2D eigenvalue weighted by molar-refractivity contribution is 6.32. The Morgan fingerprint density at radius 2 is 2.00 bits per heavy atom. The van der Waals surface area contributed by atoms with Gasteiger partial charge in [0.1, 0.15) is 11.5 Å². The first-order valence-corrected chi connectivity index (χ1v) is 9.97. The average molecular weight is 420 g/mol. The van der Waals surface area contributed by atoms with Crippen LogP contribution in [-0.4, -0.2) is 60.9 Å². The van der Waals surface area contributed by atoms with Crippen LogP contribution in [0.25, 0.3) is 0 Å². The summed E-state index contributed by atoms with van der Waals surface area (Å²) < 4.78 is 10.9. The molecule has 1 aromatic heterocycles. The number of aromatic nitrogens is 1. The minimum absolute atomic E-state index is 0.0664. The lowest BCUT2D eigenvalue weighted by Gasteiger charge is -2.30. The van der Waals surface area contributed by atoms with Crippen molar-refractivity contribution >= 4 is 23.4 Å². The smallest absolute Gasteiger partial charge is 0.275 e. The van der Waals surface area contributed by atoms with Gasteiger partial charge in [-0.2, -0.15) is 0 Å². The van der Waals surface area contributed by atoms with E-state index in [0.29, 0.717) is 47.6 Å². The van der Waals surface area contributed by atoms with E-state index >= 15 is 0 Å². The van der Waals surface area contributed by atoms with Gasteiger partial charge in [0.25, 0.3) is 5.91 Å². The molecular weight excluding hydrogens is 394 g/mol. The van der Waals surface area contributed by atoms with Crippen molar-refractivity contribution in [3.8, 4) is 5.75 Å². The number of rotatable bonds is 5. The van der Waals surface area contributed by atoms with Gasteiger partial charge in [-0.3, -0.25) is 9.59 Å². The Kier molecular flexibility index (Phi) is 6.47. The van der Waals surface area contributed by atoms with Gasteiger partial charge in [0.15, 0.2) is 11.6 Å². The highest BCUT2D eigenvalue weighted by atomic mass is 35.5. The van der Waals surface area contributed by atoms with Crippen LogP contribution < -0.4 is 4.74 Å². The van der Waals surface area contributed by atoms with Gasteiger partial charge in [0, 0.05) is 33.1 Å². The van der Waals surface area contributed by atoms with E-state index < -0.39 is 0 Å². The minimum Gasteiger partial charge on any atom is -0.495 e. The number of aryl methyl sites for hydroxylation is 1. The molecule has 2 heterocycles. The van der Waals surface area contributed by atoms with Crippen LogP contribution in [0, 0.1) is 6.92 Å². The zero-order valence-corrected chi connectivity index (χ0v) is 18.0. The highest BCUT2D eigenvalue weighted by Gasteiger charge is 2.29. The van der Waals surface area contributed by atoms with Gasteiger partial charge in [0.05, 0.1) is 18.6 Å². The topological polar surface area (TPSA) is 75.9 Å². The van der Waals surface area contributed by atoms with Crippen LogP contribution in [0.15, 0.2) is 22.6 Å². The molecule has 0 unspecified atom stereocenters. The molecule has 2 aromatic rings. The van der Waals surface area contributed by atoms with Crippen molar-refractivity contribution < 1.29 is 18.7 Å². The zero-order valence-electron chi connectivity index (χ0n) is 17.2. The number of hydrogen-bond donors (Lipinski definition) is 0. The molecule has 1 fully saturated rings. The lowest BCUT2D eigenvalue weighted by atomic mass is 9.96. The predicted octanol–water partition coefficient (Wildman–Crippen LogP) is 3.30. The molecule has 1 aromatic carbocycles. The van der Waals surface area contributed by atoms with Crippen molar-refractivity contribution in [2.75, 3.05) is 34.3 Å². The van der Waals surface area contributed by atoms with Crippen molar-refractivity contribution in [1.82, 2.24) is 14.8 Å². The number of ether oxygens (including phenoxy) is 1. The molecule has 1 saturated heterocycles. The second-order valence-corrected chi connectivity index (χ2v) is 7.86. The SMILES string of the molecule is COc1ccc(CC(=O)N2CCC(c3nc(C(=O)N(C)C)c(C)o3)CC2)cc1Cl. The average Bonchev–Trinajstić information content (AvgIpc) is 3.09. The number of carbonyl (C=O) groups is 2. The quantitative estimate of drug-likeness (QED) is 0.743. The number of methoxy groups -OCH3 is 1. The number of carbonyl (C=O) groups excluding carboxylic acids is 2. The molecule has 0 bridgehead atoms. The molecule has 156 valence electrons. The number of benzene rings is 1. The lowest BCUT2D eigenvalue weighted by molar-refractivity contribution is -0.131. The Labute approximate surface area is 175 Å². The first-order chi connectivity index (χ1) is 13.8. The largest absolute Gasteiger partial charge is 0.495 e. The van der Waals surface area contributed by atoms with Crippen molar-refractivity contribution in [2.24, 2.45) is 0 Å². The second kappa shape index (κ2) is 8.86. The molecule has 3 rings (SSSR count). The van der Waals surface area contributed by atoms with Gasteiger partial charge in [-0.05, 0) is 37.5 Å². The number of amides is 2. The summed E-state index contributed by atoms with van der Waals surface area (Å²) in [5.74, 6) is 1.73. The Morgan fingerprint density at radius 1 is 1.31 bits per heavy atom. The third-order valence-electron chi connectivity index (χ3n) is 5.19. The number of nitrogens with zero attached hydrogens (tertiary/aromatic N) is 3. The van der Waals surface area contributed by atoms with E-state index in [1.54, 1.807) is 40.3 Å². The van der Waals surface area contributed by atoms with Gasteiger partial charge < -0.3 is 19.0 Å². The maximum atomic E-state index is 12.7. The molecule has 0 N–H and O–H groups in total. The summed E-state index contributed by atoms with van der Waals surface area (Å²) >= 11 is 6.15. The van der Waals surface area contributed by atoms with E-state index in [2.05, 4.69) is 4.98 Å².